The molecule has 4 heteroatoms. The van der Waals surface area contributed by atoms with E-state index in [1.54, 1.807) is 7.11 Å². The minimum Gasteiger partial charge on any atom is -0.497 e. The Balaban J connectivity index is 1.92. The third-order valence-electron chi connectivity index (χ3n) is 3.60. The number of methoxy groups -OCH3 is 1. The van der Waals surface area contributed by atoms with Gasteiger partial charge in [-0.15, -0.1) is 0 Å². The maximum atomic E-state index is 12.2. The number of ketones is 1. The number of rotatable bonds is 5. The molecule has 2 rings (SSSR count). The summed E-state index contributed by atoms with van der Waals surface area (Å²) in [5.74, 6) is 1.02. The van der Waals surface area contributed by atoms with Gasteiger partial charge in [0.2, 0.25) is 0 Å². The van der Waals surface area contributed by atoms with E-state index in [0.29, 0.717) is 6.42 Å². The number of aryl methyl sites for hydroxylation is 1. The van der Waals surface area contributed by atoms with Crippen LogP contribution in [0.15, 0.2) is 18.2 Å². The van der Waals surface area contributed by atoms with Crippen molar-refractivity contribution in [2.75, 3.05) is 39.8 Å². The van der Waals surface area contributed by atoms with Crippen molar-refractivity contribution in [1.82, 2.24) is 10.2 Å². The summed E-state index contributed by atoms with van der Waals surface area (Å²) in [4.78, 5) is 14.6. The Kier molecular flexibility index (Phi) is 4.93. The molecular weight excluding hydrogens is 240 g/mol. The molecule has 0 atom stereocenters. The molecule has 0 spiro atoms. The van der Waals surface area contributed by atoms with Crippen LogP contribution in [-0.4, -0.2) is 50.5 Å². The molecule has 0 saturated carbocycles. The van der Waals surface area contributed by atoms with Crippen LogP contribution in [0.25, 0.3) is 0 Å². The Bertz CT molecular complexity index is 440. The normalized spacial score (nSPS) is 16.3. The van der Waals surface area contributed by atoms with Crippen molar-refractivity contribution >= 4 is 5.78 Å². The third-order valence-corrected chi connectivity index (χ3v) is 3.60. The second kappa shape index (κ2) is 6.68. The van der Waals surface area contributed by atoms with Gasteiger partial charge >= 0.3 is 0 Å². The highest BCUT2D eigenvalue weighted by Crippen LogP contribution is 2.18. The summed E-state index contributed by atoms with van der Waals surface area (Å²) in [5.41, 5.74) is 1.81. The summed E-state index contributed by atoms with van der Waals surface area (Å²) in [5, 5.41) is 3.32. The predicted octanol–water partition coefficient (Wildman–Crippen LogP) is 1.48. The summed E-state index contributed by atoms with van der Waals surface area (Å²) >= 11 is 0. The highest BCUT2D eigenvalue weighted by Gasteiger charge is 2.14. The van der Waals surface area contributed by atoms with Crippen LogP contribution >= 0.6 is 0 Å². The van der Waals surface area contributed by atoms with Crippen LogP contribution in [0, 0.1) is 6.92 Å². The number of piperazine rings is 1. The Labute approximate surface area is 114 Å². The zero-order chi connectivity index (χ0) is 13.7. The fraction of sp³-hybridized carbons (Fsp3) is 0.533. The zero-order valence-electron chi connectivity index (χ0n) is 11.7. The van der Waals surface area contributed by atoms with E-state index in [-0.39, 0.29) is 5.78 Å². The van der Waals surface area contributed by atoms with Crippen molar-refractivity contribution in [3.63, 3.8) is 0 Å². The molecule has 0 aromatic heterocycles. The smallest absolute Gasteiger partial charge is 0.164 e. The molecule has 0 aliphatic carbocycles. The van der Waals surface area contributed by atoms with Gasteiger partial charge in [-0.1, -0.05) is 0 Å². The molecule has 4 nitrogen and oxygen atoms in total. The Hall–Kier alpha value is -1.39. The lowest BCUT2D eigenvalue weighted by atomic mass is 10.0. The van der Waals surface area contributed by atoms with E-state index >= 15 is 0 Å². The number of carbonyl (C=O) groups excluding carboxylic acids is 1. The summed E-state index contributed by atoms with van der Waals surface area (Å²) < 4.78 is 5.16. The van der Waals surface area contributed by atoms with Gasteiger partial charge in [-0.05, 0) is 30.7 Å². The van der Waals surface area contributed by atoms with Crippen LogP contribution < -0.4 is 10.1 Å². The van der Waals surface area contributed by atoms with Crippen molar-refractivity contribution < 1.29 is 9.53 Å². The van der Waals surface area contributed by atoms with Crippen molar-refractivity contribution in [2.24, 2.45) is 0 Å². The summed E-state index contributed by atoms with van der Waals surface area (Å²) in [7, 11) is 1.64. The van der Waals surface area contributed by atoms with Gasteiger partial charge in [-0.2, -0.15) is 0 Å². The first-order chi connectivity index (χ1) is 9.20. The van der Waals surface area contributed by atoms with Crippen molar-refractivity contribution in [3.05, 3.63) is 29.3 Å². The number of ether oxygens (including phenoxy) is 1. The van der Waals surface area contributed by atoms with E-state index in [0.717, 1.165) is 49.6 Å². The number of nitrogens with zero attached hydrogens (tertiary/aromatic N) is 1. The molecule has 0 unspecified atom stereocenters. The maximum Gasteiger partial charge on any atom is 0.164 e. The number of hydrogen-bond acceptors (Lipinski definition) is 4. The maximum absolute atomic E-state index is 12.2. The van der Waals surface area contributed by atoms with Crippen molar-refractivity contribution in [1.29, 1.82) is 0 Å². The zero-order valence-corrected chi connectivity index (χ0v) is 11.7. The number of nitrogens with one attached hydrogen (secondary N) is 1. The molecule has 1 aromatic carbocycles. The highest BCUT2D eigenvalue weighted by atomic mass is 16.5. The molecular formula is C15H22N2O2. The Morgan fingerprint density at radius 3 is 2.74 bits per heavy atom. The van der Waals surface area contributed by atoms with Crippen LogP contribution in [0.2, 0.25) is 0 Å². The van der Waals surface area contributed by atoms with E-state index < -0.39 is 0 Å². The lowest BCUT2D eigenvalue weighted by Gasteiger charge is -2.26. The largest absolute Gasteiger partial charge is 0.497 e. The third kappa shape index (κ3) is 3.78. The highest BCUT2D eigenvalue weighted by molar-refractivity contribution is 5.97. The molecule has 0 bridgehead atoms. The molecule has 1 aliphatic rings. The minimum atomic E-state index is 0.221. The van der Waals surface area contributed by atoms with Crippen LogP contribution in [0.3, 0.4) is 0 Å². The molecule has 104 valence electrons. The molecule has 0 radical (unpaired) electrons. The lowest BCUT2D eigenvalue weighted by molar-refractivity contribution is 0.0960. The molecule has 19 heavy (non-hydrogen) atoms. The second-order valence-electron chi connectivity index (χ2n) is 4.95. The van der Waals surface area contributed by atoms with E-state index in [9.17, 15) is 4.79 Å². The molecule has 1 saturated heterocycles. The van der Waals surface area contributed by atoms with Gasteiger partial charge < -0.3 is 15.0 Å². The number of hydrogen-bond donors (Lipinski definition) is 1. The van der Waals surface area contributed by atoms with Gasteiger partial charge in [0.1, 0.15) is 5.75 Å². The van der Waals surface area contributed by atoms with Gasteiger partial charge in [-0.25, -0.2) is 0 Å². The Morgan fingerprint density at radius 1 is 1.37 bits per heavy atom. The monoisotopic (exact) mass is 262 g/mol. The fourth-order valence-electron chi connectivity index (χ4n) is 2.41. The second-order valence-corrected chi connectivity index (χ2v) is 4.95. The lowest BCUT2D eigenvalue weighted by Crippen LogP contribution is -2.44. The van der Waals surface area contributed by atoms with E-state index in [2.05, 4.69) is 10.2 Å². The fourth-order valence-corrected chi connectivity index (χ4v) is 2.41. The average Bonchev–Trinajstić information content (AvgIpc) is 2.45. The number of Topliss-reactive ketones (excluding diaryl/α,β-unsaturated/α-hetero) is 1. The van der Waals surface area contributed by atoms with Crippen LogP contribution in [-0.2, 0) is 0 Å². The van der Waals surface area contributed by atoms with Crippen LogP contribution in [0.4, 0.5) is 0 Å². The standard InChI is InChI=1S/C15H22N2O2/c1-12-11-13(19-2)3-4-14(12)15(18)5-8-17-9-6-16-7-10-17/h3-4,11,16H,5-10H2,1-2H3. The van der Waals surface area contributed by atoms with Gasteiger partial charge in [-0.3, -0.25) is 4.79 Å². The Morgan fingerprint density at radius 2 is 2.11 bits per heavy atom. The van der Waals surface area contributed by atoms with Gasteiger partial charge in [0.05, 0.1) is 7.11 Å². The van der Waals surface area contributed by atoms with Crippen molar-refractivity contribution in [2.45, 2.75) is 13.3 Å². The van der Waals surface area contributed by atoms with E-state index in [4.69, 9.17) is 4.74 Å². The molecule has 1 heterocycles. The van der Waals surface area contributed by atoms with Gasteiger partial charge in [0.25, 0.3) is 0 Å². The number of carbonyl (C=O) groups is 1. The van der Waals surface area contributed by atoms with E-state index in [1.807, 2.05) is 25.1 Å². The number of benzene rings is 1. The first-order valence-electron chi connectivity index (χ1n) is 6.81. The van der Waals surface area contributed by atoms with Crippen LogP contribution in [0.5, 0.6) is 5.75 Å². The molecule has 1 aromatic rings. The molecule has 1 N–H and O–H groups in total. The predicted molar refractivity (Wildman–Crippen MR) is 76.0 cm³/mol. The van der Waals surface area contributed by atoms with E-state index in [1.165, 1.54) is 0 Å². The van der Waals surface area contributed by atoms with Crippen molar-refractivity contribution in [3.8, 4) is 5.75 Å². The summed E-state index contributed by atoms with van der Waals surface area (Å²) in [6.07, 6.45) is 0.590. The quantitative estimate of drug-likeness (QED) is 0.816. The van der Waals surface area contributed by atoms with Gasteiger partial charge in [0, 0.05) is 44.7 Å². The molecule has 0 amide bonds. The average molecular weight is 262 g/mol. The molecule has 1 aliphatic heterocycles. The summed E-state index contributed by atoms with van der Waals surface area (Å²) in [6, 6.07) is 5.64. The first-order valence-corrected chi connectivity index (χ1v) is 6.81. The summed E-state index contributed by atoms with van der Waals surface area (Å²) in [6.45, 7) is 6.93. The van der Waals surface area contributed by atoms with Crippen LogP contribution in [0.1, 0.15) is 22.3 Å². The van der Waals surface area contributed by atoms with Gasteiger partial charge in [0.15, 0.2) is 5.78 Å². The minimum absolute atomic E-state index is 0.221. The topological polar surface area (TPSA) is 41.6 Å². The SMILES string of the molecule is COc1ccc(C(=O)CCN2CCNCC2)c(C)c1. The first kappa shape index (κ1) is 14.0. The molecule has 1 fully saturated rings.